The molecule has 25 heavy (non-hydrogen) atoms. The number of nitrogens with zero attached hydrogens (tertiary/aromatic N) is 2. The molecular formula is C17H18FN3O4. The van der Waals surface area contributed by atoms with Gasteiger partial charge in [-0.2, -0.15) is 0 Å². The standard InChI is InChI=1S/C17H18FN3O4/c1-20(2)15(16-4-3-9-25-16)11-19-17(22)8-6-12-5-7-13(18)10-14(12)21(23)24/h3-10,15H,11H2,1-2H3,(H,19,22)/b8-6-/t15-/m0/s1. The molecule has 0 unspecified atom stereocenters. The van der Waals surface area contributed by atoms with Gasteiger partial charge in [-0.1, -0.05) is 0 Å². The number of carbonyl (C=O) groups excluding carboxylic acids is 1. The Morgan fingerprint density at radius 2 is 2.20 bits per heavy atom. The van der Waals surface area contributed by atoms with Crippen LogP contribution in [-0.2, 0) is 4.79 Å². The van der Waals surface area contributed by atoms with Crippen molar-refractivity contribution < 1.29 is 18.5 Å². The lowest BCUT2D eigenvalue weighted by molar-refractivity contribution is -0.385. The van der Waals surface area contributed by atoms with Gasteiger partial charge in [0.25, 0.3) is 5.69 Å². The number of nitro groups is 1. The third-order valence-electron chi connectivity index (χ3n) is 3.57. The van der Waals surface area contributed by atoms with E-state index in [2.05, 4.69) is 5.32 Å². The van der Waals surface area contributed by atoms with Gasteiger partial charge in [0.05, 0.1) is 28.9 Å². The summed E-state index contributed by atoms with van der Waals surface area (Å²) in [5.41, 5.74) is -0.248. The van der Waals surface area contributed by atoms with Gasteiger partial charge in [-0.15, -0.1) is 0 Å². The normalized spacial score (nSPS) is 12.5. The van der Waals surface area contributed by atoms with Crippen LogP contribution in [0.25, 0.3) is 6.08 Å². The lowest BCUT2D eigenvalue weighted by Gasteiger charge is -2.22. The topological polar surface area (TPSA) is 88.6 Å². The van der Waals surface area contributed by atoms with E-state index < -0.39 is 22.3 Å². The van der Waals surface area contributed by atoms with E-state index in [1.807, 2.05) is 25.1 Å². The van der Waals surface area contributed by atoms with Gasteiger partial charge in [-0.05, 0) is 44.4 Å². The molecule has 132 valence electrons. The van der Waals surface area contributed by atoms with E-state index in [9.17, 15) is 19.3 Å². The number of halogens is 1. The zero-order valence-corrected chi connectivity index (χ0v) is 13.8. The van der Waals surface area contributed by atoms with Crippen molar-refractivity contribution in [1.82, 2.24) is 10.2 Å². The number of amides is 1. The van der Waals surface area contributed by atoms with Gasteiger partial charge in [0, 0.05) is 12.6 Å². The third-order valence-corrected chi connectivity index (χ3v) is 3.57. The molecule has 0 aliphatic heterocycles. The van der Waals surface area contributed by atoms with Crippen LogP contribution in [0.15, 0.2) is 47.1 Å². The van der Waals surface area contributed by atoms with Crippen molar-refractivity contribution in [1.29, 1.82) is 0 Å². The Balaban J connectivity index is 2.03. The lowest BCUT2D eigenvalue weighted by atomic mass is 10.1. The van der Waals surface area contributed by atoms with Gasteiger partial charge in [0.2, 0.25) is 5.91 Å². The molecule has 1 amide bonds. The molecule has 7 nitrogen and oxygen atoms in total. The van der Waals surface area contributed by atoms with Gasteiger partial charge in [-0.3, -0.25) is 19.8 Å². The first-order valence-corrected chi connectivity index (χ1v) is 7.48. The summed E-state index contributed by atoms with van der Waals surface area (Å²) in [6, 6.07) is 6.60. The fourth-order valence-corrected chi connectivity index (χ4v) is 2.26. The maximum atomic E-state index is 13.1. The number of nitro benzene ring substituents is 1. The van der Waals surface area contributed by atoms with Crippen LogP contribution in [0.5, 0.6) is 0 Å². The van der Waals surface area contributed by atoms with Crippen molar-refractivity contribution in [3.8, 4) is 0 Å². The highest BCUT2D eigenvalue weighted by atomic mass is 19.1. The van der Waals surface area contributed by atoms with E-state index in [0.29, 0.717) is 12.3 Å². The molecule has 1 aromatic carbocycles. The second-order valence-corrected chi connectivity index (χ2v) is 5.53. The average molecular weight is 347 g/mol. The summed E-state index contributed by atoms with van der Waals surface area (Å²) < 4.78 is 18.5. The Hall–Kier alpha value is -3.00. The molecule has 1 aromatic heterocycles. The van der Waals surface area contributed by atoms with E-state index >= 15 is 0 Å². The molecule has 2 rings (SSSR count). The zero-order valence-electron chi connectivity index (χ0n) is 13.8. The first-order valence-electron chi connectivity index (χ1n) is 7.48. The van der Waals surface area contributed by atoms with Crippen molar-refractivity contribution in [2.24, 2.45) is 0 Å². The summed E-state index contributed by atoms with van der Waals surface area (Å²) >= 11 is 0. The molecule has 0 aliphatic carbocycles. The smallest absolute Gasteiger partial charge is 0.279 e. The first-order chi connectivity index (χ1) is 11.9. The fourth-order valence-electron chi connectivity index (χ4n) is 2.26. The van der Waals surface area contributed by atoms with Crippen LogP contribution in [-0.4, -0.2) is 36.4 Å². The molecule has 1 heterocycles. The van der Waals surface area contributed by atoms with Gasteiger partial charge in [0.15, 0.2) is 0 Å². The van der Waals surface area contributed by atoms with Gasteiger partial charge < -0.3 is 9.73 Å². The maximum absolute atomic E-state index is 13.1. The quantitative estimate of drug-likeness (QED) is 0.473. The summed E-state index contributed by atoms with van der Waals surface area (Å²) in [6.45, 7) is 0.301. The van der Waals surface area contributed by atoms with Crippen LogP contribution in [0.4, 0.5) is 10.1 Å². The highest BCUT2D eigenvalue weighted by Crippen LogP contribution is 2.21. The Morgan fingerprint density at radius 3 is 2.80 bits per heavy atom. The SMILES string of the molecule is CN(C)[C@@H](CNC(=O)/C=C\c1ccc(F)cc1[N+](=O)[O-])c1ccco1. The maximum Gasteiger partial charge on any atom is 0.279 e. The van der Waals surface area contributed by atoms with Crippen molar-refractivity contribution in [3.63, 3.8) is 0 Å². The highest BCUT2D eigenvalue weighted by molar-refractivity contribution is 5.92. The molecule has 0 spiro atoms. The molecule has 8 heteroatoms. The predicted octanol–water partition coefficient (Wildman–Crippen LogP) is 2.76. The number of benzene rings is 1. The molecule has 1 N–H and O–H groups in total. The summed E-state index contributed by atoms with van der Waals surface area (Å²) in [5.74, 6) is -0.416. The molecule has 0 bridgehead atoms. The van der Waals surface area contributed by atoms with E-state index in [-0.39, 0.29) is 11.6 Å². The van der Waals surface area contributed by atoms with Crippen LogP contribution in [0.3, 0.4) is 0 Å². The molecular weight excluding hydrogens is 329 g/mol. The van der Waals surface area contributed by atoms with Crippen LogP contribution in [0.2, 0.25) is 0 Å². The Morgan fingerprint density at radius 1 is 1.44 bits per heavy atom. The van der Waals surface area contributed by atoms with Gasteiger partial charge >= 0.3 is 0 Å². The molecule has 0 aliphatic rings. The molecule has 0 radical (unpaired) electrons. The van der Waals surface area contributed by atoms with E-state index in [4.69, 9.17) is 4.42 Å². The van der Waals surface area contributed by atoms with Crippen LogP contribution in [0.1, 0.15) is 17.4 Å². The molecule has 2 aromatic rings. The minimum Gasteiger partial charge on any atom is -0.468 e. The first kappa shape index (κ1) is 18.3. The summed E-state index contributed by atoms with van der Waals surface area (Å²) in [7, 11) is 3.72. The number of hydrogen-bond acceptors (Lipinski definition) is 5. The van der Waals surface area contributed by atoms with Gasteiger partial charge in [0.1, 0.15) is 11.6 Å². The average Bonchev–Trinajstić information content (AvgIpc) is 3.07. The number of carbonyl (C=O) groups is 1. The van der Waals surface area contributed by atoms with Crippen molar-refractivity contribution in [3.05, 3.63) is 69.9 Å². The van der Waals surface area contributed by atoms with Crippen molar-refractivity contribution >= 4 is 17.7 Å². The van der Waals surface area contributed by atoms with Crippen LogP contribution < -0.4 is 5.32 Å². The van der Waals surface area contributed by atoms with E-state index in [1.165, 1.54) is 18.2 Å². The highest BCUT2D eigenvalue weighted by Gasteiger charge is 2.17. The summed E-state index contributed by atoms with van der Waals surface area (Å²) in [6.07, 6.45) is 4.01. The molecule has 0 saturated carbocycles. The van der Waals surface area contributed by atoms with Crippen molar-refractivity contribution in [2.45, 2.75) is 6.04 Å². The molecule has 1 atom stereocenters. The minimum absolute atomic E-state index is 0.146. The van der Waals surface area contributed by atoms with E-state index in [0.717, 1.165) is 12.1 Å². The molecule has 0 saturated heterocycles. The Labute approximate surface area is 143 Å². The Bertz CT molecular complexity index is 772. The van der Waals surface area contributed by atoms with Crippen LogP contribution in [0, 0.1) is 15.9 Å². The van der Waals surface area contributed by atoms with E-state index in [1.54, 1.807) is 12.3 Å². The zero-order chi connectivity index (χ0) is 18.4. The minimum atomic E-state index is -0.708. The molecule has 0 fully saturated rings. The number of likely N-dealkylation sites (N-methyl/N-ethyl adjacent to an activating group) is 1. The van der Waals surface area contributed by atoms with Crippen LogP contribution >= 0.6 is 0 Å². The Kier molecular flexibility index (Phi) is 6.02. The second-order valence-electron chi connectivity index (χ2n) is 5.53. The number of rotatable bonds is 7. The van der Waals surface area contributed by atoms with Crippen molar-refractivity contribution in [2.75, 3.05) is 20.6 Å². The largest absolute Gasteiger partial charge is 0.468 e. The number of hydrogen-bond donors (Lipinski definition) is 1. The number of furan rings is 1. The summed E-state index contributed by atoms with van der Waals surface area (Å²) in [4.78, 5) is 24.1. The summed E-state index contributed by atoms with van der Waals surface area (Å²) in [5, 5.41) is 13.6. The number of nitrogens with one attached hydrogen (secondary N) is 1. The predicted molar refractivity (Wildman–Crippen MR) is 90.2 cm³/mol. The monoisotopic (exact) mass is 347 g/mol. The third kappa shape index (κ3) is 4.98. The lowest BCUT2D eigenvalue weighted by Crippen LogP contribution is -2.33. The van der Waals surface area contributed by atoms with Gasteiger partial charge in [-0.25, -0.2) is 4.39 Å². The second kappa shape index (κ2) is 8.20. The fraction of sp³-hybridized carbons (Fsp3) is 0.235.